The SMILES string of the molecule is CCCCCCCCCCCCc1ccccc1S(=O)(=O)OC(C)CC.N. The molecular formula is C22H41NO3S. The van der Waals surface area contributed by atoms with Gasteiger partial charge in [-0.05, 0) is 37.8 Å². The maximum atomic E-state index is 12.5. The summed E-state index contributed by atoms with van der Waals surface area (Å²) in [6.45, 7) is 5.97. The van der Waals surface area contributed by atoms with Crippen LogP contribution in [0.1, 0.15) is 97.0 Å². The van der Waals surface area contributed by atoms with Crippen LogP contribution in [-0.4, -0.2) is 14.5 Å². The van der Waals surface area contributed by atoms with Crippen LogP contribution in [0.2, 0.25) is 0 Å². The summed E-state index contributed by atoms with van der Waals surface area (Å²) in [6, 6.07) is 7.27. The van der Waals surface area contributed by atoms with Crippen molar-refractivity contribution in [3.8, 4) is 0 Å². The molecule has 0 spiro atoms. The lowest BCUT2D eigenvalue weighted by Crippen LogP contribution is -2.16. The summed E-state index contributed by atoms with van der Waals surface area (Å²) < 4.78 is 30.2. The first-order chi connectivity index (χ1) is 12.5. The second kappa shape index (κ2) is 15.1. The van der Waals surface area contributed by atoms with Gasteiger partial charge >= 0.3 is 0 Å². The van der Waals surface area contributed by atoms with Gasteiger partial charge in [0.15, 0.2) is 0 Å². The molecule has 0 aliphatic carbocycles. The minimum absolute atomic E-state index is 0. The van der Waals surface area contributed by atoms with E-state index in [4.69, 9.17) is 4.18 Å². The zero-order valence-electron chi connectivity index (χ0n) is 17.7. The number of unbranched alkanes of at least 4 members (excludes halogenated alkanes) is 9. The Morgan fingerprint density at radius 2 is 1.37 bits per heavy atom. The normalized spacial score (nSPS) is 12.6. The number of aryl methyl sites for hydroxylation is 1. The van der Waals surface area contributed by atoms with Crippen molar-refractivity contribution in [2.45, 2.75) is 109 Å². The van der Waals surface area contributed by atoms with Gasteiger partial charge in [0.25, 0.3) is 10.1 Å². The lowest BCUT2D eigenvalue weighted by atomic mass is 10.0. The molecule has 1 rings (SSSR count). The topological polar surface area (TPSA) is 78.4 Å². The molecule has 1 unspecified atom stereocenters. The van der Waals surface area contributed by atoms with Gasteiger partial charge in [-0.2, -0.15) is 8.42 Å². The predicted octanol–water partition coefficient (Wildman–Crippen LogP) is 6.82. The second-order valence-corrected chi connectivity index (χ2v) is 8.85. The highest BCUT2D eigenvalue weighted by Gasteiger charge is 2.21. The quantitative estimate of drug-likeness (QED) is 0.259. The fourth-order valence-electron chi connectivity index (χ4n) is 3.09. The van der Waals surface area contributed by atoms with Crippen LogP contribution in [0.3, 0.4) is 0 Å². The van der Waals surface area contributed by atoms with Crippen LogP contribution in [0.4, 0.5) is 0 Å². The molecule has 0 radical (unpaired) electrons. The summed E-state index contributed by atoms with van der Waals surface area (Å²) in [5.74, 6) is 0. The summed E-state index contributed by atoms with van der Waals surface area (Å²) in [7, 11) is -3.66. The summed E-state index contributed by atoms with van der Waals surface area (Å²) in [6.07, 6.45) is 14.0. The first kappa shape index (κ1) is 26.1. The lowest BCUT2D eigenvalue weighted by molar-refractivity contribution is 0.224. The first-order valence-electron chi connectivity index (χ1n) is 10.5. The van der Waals surface area contributed by atoms with Gasteiger partial charge < -0.3 is 6.15 Å². The van der Waals surface area contributed by atoms with Gasteiger partial charge in [-0.25, -0.2) is 0 Å². The maximum absolute atomic E-state index is 12.5. The Morgan fingerprint density at radius 1 is 0.852 bits per heavy atom. The first-order valence-corrected chi connectivity index (χ1v) is 11.9. The van der Waals surface area contributed by atoms with E-state index in [-0.39, 0.29) is 12.3 Å². The minimum Gasteiger partial charge on any atom is -0.344 e. The van der Waals surface area contributed by atoms with Gasteiger partial charge in [0.2, 0.25) is 0 Å². The summed E-state index contributed by atoms with van der Waals surface area (Å²) in [4.78, 5) is 0.344. The lowest BCUT2D eigenvalue weighted by Gasteiger charge is -2.14. The Bertz CT molecular complexity index is 587. The average Bonchev–Trinajstić information content (AvgIpc) is 2.63. The molecule has 0 fully saturated rings. The molecule has 1 atom stereocenters. The predicted molar refractivity (Wildman–Crippen MR) is 115 cm³/mol. The highest BCUT2D eigenvalue weighted by Crippen LogP contribution is 2.22. The van der Waals surface area contributed by atoms with E-state index in [2.05, 4.69) is 6.92 Å². The second-order valence-electron chi connectivity index (χ2n) is 7.31. The number of rotatable bonds is 15. The summed E-state index contributed by atoms with van der Waals surface area (Å²) >= 11 is 0. The van der Waals surface area contributed by atoms with E-state index in [1.807, 2.05) is 19.1 Å². The number of hydrogen-bond acceptors (Lipinski definition) is 4. The molecule has 0 heterocycles. The third-order valence-electron chi connectivity index (χ3n) is 4.91. The Hall–Kier alpha value is -0.910. The standard InChI is InChI=1S/C22H38O3S.H3N/c1-4-6-7-8-9-10-11-12-13-14-17-21-18-15-16-19-22(21)26(23,24)25-20(3)5-2;/h15-16,18-20H,4-14,17H2,1-3H3;1H3. The molecule has 1 aromatic carbocycles. The highest BCUT2D eigenvalue weighted by atomic mass is 32.2. The van der Waals surface area contributed by atoms with Crippen molar-refractivity contribution in [1.29, 1.82) is 0 Å². The Morgan fingerprint density at radius 3 is 1.93 bits per heavy atom. The third kappa shape index (κ3) is 10.9. The van der Waals surface area contributed by atoms with Crippen LogP contribution in [0.5, 0.6) is 0 Å². The summed E-state index contributed by atoms with van der Waals surface area (Å²) in [5, 5.41) is 0. The van der Waals surface area contributed by atoms with E-state index >= 15 is 0 Å². The number of benzene rings is 1. The fourth-order valence-corrected chi connectivity index (χ4v) is 4.50. The van der Waals surface area contributed by atoms with Crippen LogP contribution >= 0.6 is 0 Å². The molecular weight excluding hydrogens is 358 g/mol. The molecule has 27 heavy (non-hydrogen) atoms. The zero-order valence-corrected chi connectivity index (χ0v) is 18.5. The van der Waals surface area contributed by atoms with Crippen LogP contribution < -0.4 is 6.15 Å². The van der Waals surface area contributed by atoms with Crippen molar-refractivity contribution < 1.29 is 12.6 Å². The van der Waals surface area contributed by atoms with Gasteiger partial charge in [-0.1, -0.05) is 89.8 Å². The maximum Gasteiger partial charge on any atom is 0.297 e. The molecule has 0 aliphatic heterocycles. The van der Waals surface area contributed by atoms with Gasteiger partial charge in [-0.3, -0.25) is 4.18 Å². The number of hydrogen-bond donors (Lipinski definition) is 1. The van der Waals surface area contributed by atoms with E-state index in [0.717, 1.165) is 24.8 Å². The molecule has 4 nitrogen and oxygen atoms in total. The highest BCUT2D eigenvalue weighted by molar-refractivity contribution is 7.86. The average molecular weight is 400 g/mol. The fraction of sp³-hybridized carbons (Fsp3) is 0.727. The van der Waals surface area contributed by atoms with E-state index < -0.39 is 10.1 Å². The van der Waals surface area contributed by atoms with Crippen molar-refractivity contribution in [2.24, 2.45) is 0 Å². The van der Waals surface area contributed by atoms with Crippen LogP contribution in [-0.2, 0) is 20.7 Å². The Labute approximate surface area is 167 Å². The van der Waals surface area contributed by atoms with Gasteiger partial charge in [0.05, 0.1) is 11.0 Å². The molecule has 5 heteroatoms. The van der Waals surface area contributed by atoms with Crippen molar-refractivity contribution in [3.05, 3.63) is 29.8 Å². The third-order valence-corrected chi connectivity index (χ3v) is 6.43. The summed E-state index contributed by atoms with van der Waals surface area (Å²) in [5.41, 5.74) is 0.885. The van der Waals surface area contributed by atoms with E-state index in [1.54, 1.807) is 19.1 Å². The van der Waals surface area contributed by atoms with Gasteiger partial charge in [0, 0.05) is 0 Å². The van der Waals surface area contributed by atoms with Crippen LogP contribution in [0, 0.1) is 0 Å². The van der Waals surface area contributed by atoms with Crippen molar-refractivity contribution in [3.63, 3.8) is 0 Å². The minimum atomic E-state index is -3.66. The molecule has 1 aromatic rings. The molecule has 0 amide bonds. The molecule has 158 valence electrons. The molecule has 0 bridgehead atoms. The van der Waals surface area contributed by atoms with Crippen LogP contribution in [0.25, 0.3) is 0 Å². The molecule has 0 saturated heterocycles. The Kier molecular flexibility index (Phi) is 14.6. The van der Waals surface area contributed by atoms with E-state index in [0.29, 0.717) is 11.3 Å². The van der Waals surface area contributed by atoms with Crippen molar-refractivity contribution in [2.75, 3.05) is 0 Å². The van der Waals surface area contributed by atoms with Crippen LogP contribution in [0.15, 0.2) is 29.2 Å². The van der Waals surface area contributed by atoms with E-state index in [1.165, 1.54) is 51.4 Å². The van der Waals surface area contributed by atoms with Gasteiger partial charge in [0.1, 0.15) is 0 Å². The monoisotopic (exact) mass is 399 g/mol. The molecule has 0 aromatic heterocycles. The van der Waals surface area contributed by atoms with Crippen molar-refractivity contribution in [1.82, 2.24) is 6.15 Å². The Balaban J connectivity index is 0.00000676. The van der Waals surface area contributed by atoms with Gasteiger partial charge in [-0.15, -0.1) is 0 Å². The molecule has 3 N–H and O–H groups in total. The van der Waals surface area contributed by atoms with E-state index in [9.17, 15) is 8.42 Å². The molecule has 0 saturated carbocycles. The van der Waals surface area contributed by atoms with Crippen molar-refractivity contribution >= 4 is 10.1 Å². The smallest absolute Gasteiger partial charge is 0.297 e. The largest absolute Gasteiger partial charge is 0.344 e. The molecule has 0 aliphatic rings. The zero-order chi connectivity index (χ0) is 19.3.